The second-order valence-electron chi connectivity index (χ2n) is 6.51. The Morgan fingerprint density at radius 2 is 2.18 bits per heavy atom. The maximum Gasteiger partial charge on any atom is 0.244 e. The minimum absolute atomic E-state index is 0.0744. The minimum atomic E-state index is -0.687. The van der Waals surface area contributed by atoms with Gasteiger partial charge in [-0.05, 0) is 39.8 Å². The second-order valence-corrected chi connectivity index (χ2v) is 6.51. The number of amides is 1. The summed E-state index contributed by atoms with van der Waals surface area (Å²) in [5.74, 6) is 0.232. The molecule has 1 amide bonds. The van der Waals surface area contributed by atoms with Crippen LogP contribution in [0.2, 0.25) is 0 Å². The lowest BCUT2D eigenvalue weighted by Crippen LogP contribution is -2.39. The number of ether oxygens (including phenoxy) is 1. The van der Waals surface area contributed by atoms with Crippen LogP contribution in [0.3, 0.4) is 0 Å². The van der Waals surface area contributed by atoms with Crippen molar-refractivity contribution in [2.75, 3.05) is 38.7 Å². The number of carbonyl (C=O) groups excluding carboxylic acids is 1. The standard InChI is InChI=1S/C15H27N5O2/c1-15(2,10-19-6-4-5-7-19)20-8-13(17-11-20)18-14(21)12(16)9-22-3/h8,11-12H,4-7,9-10,16H2,1-3H3,(H,18,21)/t12-/m0/s1. The molecule has 1 atom stereocenters. The maximum absolute atomic E-state index is 11.9. The van der Waals surface area contributed by atoms with E-state index in [2.05, 4.69) is 29.0 Å². The molecule has 0 radical (unpaired) electrons. The molecule has 2 rings (SSSR count). The fraction of sp³-hybridized carbons (Fsp3) is 0.733. The summed E-state index contributed by atoms with van der Waals surface area (Å²) in [7, 11) is 1.52. The minimum Gasteiger partial charge on any atom is -0.383 e. The summed E-state index contributed by atoms with van der Waals surface area (Å²) in [6, 6.07) is -0.687. The van der Waals surface area contributed by atoms with E-state index in [4.69, 9.17) is 10.5 Å². The van der Waals surface area contributed by atoms with E-state index in [9.17, 15) is 4.79 Å². The zero-order chi connectivity index (χ0) is 16.2. The number of nitrogens with one attached hydrogen (secondary N) is 1. The second kappa shape index (κ2) is 7.21. The van der Waals surface area contributed by atoms with Gasteiger partial charge < -0.3 is 25.3 Å². The fourth-order valence-corrected chi connectivity index (χ4v) is 2.76. The van der Waals surface area contributed by atoms with Crippen molar-refractivity contribution in [3.8, 4) is 0 Å². The normalized spacial score (nSPS) is 17.6. The van der Waals surface area contributed by atoms with Gasteiger partial charge in [-0.2, -0.15) is 0 Å². The summed E-state index contributed by atoms with van der Waals surface area (Å²) in [6.45, 7) is 7.83. The number of methoxy groups -OCH3 is 1. The number of likely N-dealkylation sites (tertiary alicyclic amines) is 1. The van der Waals surface area contributed by atoms with E-state index >= 15 is 0 Å². The van der Waals surface area contributed by atoms with Crippen LogP contribution < -0.4 is 11.1 Å². The molecule has 1 aromatic rings. The lowest BCUT2D eigenvalue weighted by atomic mass is 10.1. The summed E-state index contributed by atoms with van der Waals surface area (Å²) in [6.07, 6.45) is 6.17. The van der Waals surface area contributed by atoms with Crippen molar-refractivity contribution in [2.24, 2.45) is 5.73 Å². The first-order valence-electron chi connectivity index (χ1n) is 7.74. The van der Waals surface area contributed by atoms with E-state index in [-0.39, 0.29) is 18.1 Å². The van der Waals surface area contributed by atoms with Gasteiger partial charge >= 0.3 is 0 Å². The van der Waals surface area contributed by atoms with E-state index in [1.54, 1.807) is 6.33 Å². The van der Waals surface area contributed by atoms with E-state index in [1.165, 1.54) is 20.0 Å². The number of nitrogens with zero attached hydrogens (tertiary/aromatic N) is 3. The molecule has 7 nitrogen and oxygen atoms in total. The highest BCUT2D eigenvalue weighted by molar-refractivity contribution is 5.93. The van der Waals surface area contributed by atoms with Crippen molar-refractivity contribution in [3.05, 3.63) is 12.5 Å². The number of anilines is 1. The van der Waals surface area contributed by atoms with Crippen molar-refractivity contribution < 1.29 is 9.53 Å². The molecule has 1 fully saturated rings. The van der Waals surface area contributed by atoms with E-state index in [0.717, 1.165) is 19.6 Å². The molecule has 124 valence electrons. The van der Waals surface area contributed by atoms with Crippen molar-refractivity contribution in [1.29, 1.82) is 0 Å². The molecular formula is C15H27N5O2. The van der Waals surface area contributed by atoms with Gasteiger partial charge in [0.15, 0.2) is 5.82 Å². The van der Waals surface area contributed by atoms with Crippen LogP contribution in [0.1, 0.15) is 26.7 Å². The molecule has 1 aliphatic rings. The van der Waals surface area contributed by atoms with Gasteiger partial charge in [-0.25, -0.2) is 4.98 Å². The Kier molecular flexibility index (Phi) is 5.55. The van der Waals surface area contributed by atoms with E-state index < -0.39 is 6.04 Å². The average molecular weight is 309 g/mol. The van der Waals surface area contributed by atoms with Crippen LogP contribution in [0.25, 0.3) is 0 Å². The van der Waals surface area contributed by atoms with Gasteiger partial charge in [-0.15, -0.1) is 0 Å². The molecule has 1 aliphatic heterocycles. The average Bonchev–Trinajstić information content (AvgIpc) is 3.10. The molecule has 2 heterocycles. The smallest absolute Gasteiger partial charge is 0.244 e. The molecule has 22 heavy (non-hydrogen) atoms. The van der Waals surface area contributed by atoms with Crippen LogP contribution in [0.5, 0.6) is 0 Å². The van der Waals surface area contributed by atoms with Crippen LogP contribution in [0, 0.1) is 0 Å². The largest absolute Gasteiger partial charge is 0.383 e. The monoisotopic (exact) mass is 309 g/mol. The van der Waals surface area contributed by atoms with Gasteiger partial charge in [0.05, 0.1) is 18.5 Å². The zero-order valence-corrected chi connectivity index (χ0v) is 13.7. The van der Waals surface area contributed by atoms with E-state index in [0.29, 0.717) is 5.82 Å². The summed E-state index contributed by atoms with van der Waals surface area (Å²) in [4.78, 5) is 18.6. The van der Waals surface area contributed by atoms with Gasteiger partial charge in [-0.3, -0.25) is 4.79 Å². The molecule has 0 unspecified atom stereocenters. The van der Waals surface area contributed by atoms with Crippen molar-refractivity contribution in [3.63, 3.8) is 0 Å². The summed E-state index contributed by atoms with van der Waals surface area (Å²) >= 11 is 0. The van der Waals surface area contributed by atoms with Crippen LogP contribution in [0.15, 0.2) is 12.5 Å². The molecule has 1 saturated heterocycles. The number of hydrogen-bond donors (Lipinski definition) is 2. The third kappa shape index (κ3) is 4.28. The van der Waals surface area contributed by atoms with Gasteiger partial charge in [0.2, 0.25) is 5.91 Å². The van der Waals surface area contributed by atoms with Gasteiger partial charge in [0, 0.05) is 19.9 Å². The molecule has 7 heteroatoms. The molecule has 0 spiro atoms. The van der Waals surface area contributed by atoms with Gasteiger partial charge in [0.1, 0.15) is 6.04 Å². The zero-order valence-electron chi connectivity index (χ0n) is 13.7. The fourth-order valence-electron chi connectivity index (χ4n) is 2.76. The maximum atomic E-state index is 11.9. The molecule has 0 aromatic carbocycles. The summed E-state index contributed by atoms with van der Waals surface area (Å²) in [5, 5.41) is 2.72. The highest BCUT2D eigenvalue weighted by Crippen LogP contribution is 2.21. The lowest BCUT2D eigenvalue weighted by molar-refractivity contribution is -0.118. The van der Waals surface area contributed by atoms with Gasteiger partial charge in [0.25, 0.3) is 0 Å². The number of imidazole rings is 1. The molecule has 0 saturated carbocycles. The van der Waals surface area contributed by atoms with Gasteiger partial charge in [-0.1, -0.05) is 0 Å². The van der Waals surface area contributed by atoms with Crippen molar-refractivity contribution >= 4 is 11.7 Å². The first-order chi connectivity index (χ1) is 10.4. The highest BCUT2D eigenvalue weighted by atomic mass is 16.5. The number of aromatic nitrogens is 2. The topological polar surface area (TPSA) is 85.4 Å². The van der Waals surface area contributed by atoms with Crippen LogP contribution in [0.4, 0.5) is 5.82 Å². The lowest BCUT2D eigenvalue weighted by Gasteiger charge is -2.31. The molecular weight excluding hydrogens is 282 g/mol. The Morgan fingerprint density at radius 1 is 1.50 bits per heavy atom. The van der Waals surface area contributed by atoms with Crippen molar-refractivity contribution in [1.82, 2.24) is 14.5 Å². The Hall–Kier alpha value is -1.44. The van der Waals surface area contributed by atoms with E-state index in [1.807, 2.05) is 10.8 Å². The summed E-state index contributed by atoms with van der Waals surface area (Å²) in [5.41, 5.74) is 5.62. The molecule has 0 aliphatic carbocycles. The number of carbonyl (C=O) groups is 1. The molecule has 0 bridgehead atoms. The van der Waals surface area contributed by atoms with Crippen LogP contribution >= 0.6 is 0 Å². The number of rotatable bonds is 7. The molecule has 3 N–H and O–H groups in total. The SMILES string of the molecule is COC[C@H](N)C(=O)Nc1cn(C(C)(C)CN2CCCC2)cn1. The quantitative estimate of drug-likeness (QED) is 0.771. The predicted molar refractivity (Wildman–Crippen MR) is 85.7 cm³/mol. The number of nitrogens with two attached hydrogens (primary N) is 1. The Morgan fingerprint density at radius 3 is 2.82 bits per heavy atom. The summed E-state index contributed by atoms with van der Waals surface area (Å²) < 4.78 is 6.92. The van der Waals surface area contributed by atoms with Crippen molar-refractivity contribution in [2.45, 2.75) is 38.3 Å². The predicted octanol–water partition coefficient (Wildman–Crippen LogP) is 0.626. The molecule has 1 aromatic heterocycles. The Labute approximate surface area is 131 Å². The van der Waals surface area contributed by atoms with Crippen LogP contribution in [-0.2, 0) is 15.1 Å². The van der Waals surface area contributed by atoms with Crippen LogP contribution in [-0.4, -0.2) is 59.8 Å². The third-order valence-corrected chi connectivity index (χ3v) is 4.03. The number of hydrogen-bond acceptors (Lipinski definition) is 5. The Balaban J connectivity index is 1.96. The third-order valence-electron chi connectivity index (χ3n) is 4.03. The first kappa shape index (κ1) is 16.9. The highest BCUT2D eigenvalue weighted by Gasteiger charge is 2.26. The Bertz CT molecular complexity index is 494. The first-order valence-corrected chi connectivity index (χ1v) is 7.74.